The number of pyridine rings is 1. The summed E-state index contributed by atoms with van der Waals surface area (Å²) in [5, 5.41) is 8.05. The van der Waals surface area contributed by atoms with Crippen molar-refractivity contribution in [2.24, 2.45) is 7.05 Å². The molecule has 2 aromatic heterocycles. The Labute approximate surface area is 140 Å². The third-order valence-electron chi connectivity index (χ3n) is 3.84. The van der Waals surface area contributed by atoms with E-state index in [0.717, 1.165) is 27.9 Å². The topological polar surface area (TPSA) is 69.0 Å². The Morgan fingerprint density at radius 1 is 1.25 bits per heavy atom. The van der Waals surface area contributed by atoms with Gasteiger partial charge in [-0.05, 0) is 38.5 Å². The second kappa shape index (κ2) is 6.31. The first kappa shape index (κ1) is 16.0. The Morgan fingerprint density at radius 3 is 2.79 bits per heavy atom. The van der Waals surface area contributed by atoms with E-state index in [2.05, 4.69) is 15.4 Å². The van der Waals surface area contributed by atoms with Crippen molar-refractivity contribution >= 4 is 22.6 Å². The van der Waals surface area contributed by atoms with Crippen LogP contribution in [0.5, 0.6) is 5.75 Å². The third kappa shape index (κ3) is 3.22. The molecule has 0 radical (unpaired) electrons. The van der Waals surface area contributed by atoms with Crippen LogP contribution >= 0.6 is 0 Å². The molecule has 0 spiro atoms. The largest absolute Gasteiger partial charge is 0.483 e. The highest BCUT2D eigenvalue weighted by Gasteiger charge is 2.10. The van der Waals surface area contributed by atoms with Crippen molar-refractivity contribution in [3.8, 4) is 5.75 Å². The van der Waals surface area contributed by atoms with Gasteiger partial charge in [0.2, 0.25) is 0 Å². The zero-order chi connectivity index (χ0) is 17.3. The van der Waals surface area contributed by atoms with Crippen molar-refractivity contribution in [1.82, 2.24) is 14.8 Å². The first-order valence-electron chi connectivity index (χ1n) is 7.73. The van der Waals surface area contributed by atoms with Gasteiger partial charge in [0, 0.05) is 12.4 Å². The minimum absolute atomic E-state index is 0.0477. The normalized spacial score (nSPS) is 10.8. The fourth-order valence-corrected chi connectivity index (χ4v) is 2.68. The van der Waals surface area contributed by atoms with Gasteiger partial charge in [-0.15, -0.1) is 0 Å². The molecule has 2 heterocycles. The molecule has 6 heteroatoms. The number of ether oxygens (including phenoxy) is 1. The number of amides is 1. The molecule has 1 amide bonds. The van der Waals surface area contributed by atoms with Gasteiger partial charge in [0.15, 0.2) is 12.3 Å². The highest BCUT2D eigenvalue weighted by atomic mass is 16.5. The summed E-state index contributed by atoms with van der Waals surface area (Å²) in [6, 6.07) is 7.74. The number of nitrogens with zero attached hydrogens (tertiary/aromatic N) is 3. The zero-order valence-electron chi connectivity index (χ0n) is 14.3. The van der Waals surface area contributed by atoms with Gasteiger partial charge in [-0.2, -0.15) is 5.10 Å². The van der Waals surface area contributed by atoms with E-state index in [4.69, 9.17) is 4.74 Å². The van der Waals surface area contributed by atoms with Crippen molar-refractivity contribution in [3.05, 3.63) is 47.3 Å². The number of fused-ring (bicyclic) bond motifs is 1. The summed E-state index contributed by atoms with van der Waals surface area (Å²) in [4.78, 5) is 16.4. The van der Waals surface area contributed by atoms with Gasteiger partial charge in [0.05, 0.1) is 17.6 Å². The van der Waals surface area contributed by atoms with E-state index in [9.17, 15) is 4.79 Å². The minimum atomic E-state index is -0.224. The second-order valence-electron chi connectivity index (χ2n) is 5.91. The Kier molecular flexibility index (Phi) is 4.20. The quantitative estimate of drug-likeness (QED) is 0.801. The SMILES string of the molecule is Cc1ccc(OCC(=O)Nc2cnc3c(c2)c(C)nn3C)c(C)c1. The molecule has 0 unspecified atom stereocenters. The van der Waals surface area contributed by atoms with Crippen molar-refractivity contribution in [2.45, 2.75) is 20.8 Å². The van der Waals surface area contributed by atoms with E-state index in [0.29, 0.717) is 11.4 Å². The molecule has 0 bridgehead atoms. The molecule has 124 valence electrons. The average molecular weight is 324 g/mol. The van der Waals surface area contributed by atoms with E-state index in [1.807, 2.05) is 52.1 Å². The average Bonchev–Trinajstić information content (AvgIpc) is 2.81. The number of carbonyl (C=O) groups is 1. The number of hydrogen-bond acceptors (Lipinski definition) is 4. The van der Waals surface area contributed by atoms with Crippen LogP contribution in [0.25, 0.3) is 11.0 Å². The van der Waals surface area contributed by atoms with Gasteiger partial charge in [-0.3, -0.25) is 9.48 Å². The molecular formula is C18H20N4O2. The van der Waals surface area contributed by atoms with Crippen LogP contribution in [0.4, 0.5) is 5.69 Å². The van der Waals surface area contributed by atoms with Crippen LogP contribution < -0.4 is 10.1 Å². The Morgan fingerprint density at radius 2 is 2.04 bits per heavy atom. The number of aryl methyl sites for hydroxylation is 4. The predicted octanol–water partition coefficient (Wildman–Crippen LogP) is 2.91. The van der Waals surface area contributed by atoms with Gasteiger partial charge >= 0.3 is 0 Å². The van der Waals surface area contributed by atoms with Crippen LogP contribution in [0.3, 0.4) is 0 Å². The molecule has 0 fully saturated rings. The van der Waals surface area contributed by atoms with Crippen LogP contribution in [-0.4, -0.2) is 27.3 Å². The van der Waals surface area contributed by atoms with E-state index >= 15 is 0 Å². The number of nitrogens with one attached hydrogen (secondary N) is 1. The molecule has 3 rings (SSSR count). The van der Waals surface area contributed by atoms with E-state index in [1.54, 1.807) is 10.9 Å². The maximum Gasteiger partial charge on any atom is 0.262 e. The smallest absolute Gasteiger partial charge is 0.262 e. The van der Waals surface area contributed by atoms with Crippen LogP contribution in [-0.2, 0) is 11.8 Å². The fourth-order valence-electron chi connectivity index (χ4n) is 2.68. The summed E-state index contributed by atoms with van der Waals surface area (Å²) in [5.41, 5.74) is 4.47. The predicted molar refractivity (Wildman–Crippen MR) is 93.3 cm³/mol. The number of carbonyl (C=O) groups excluding carboxylic acids is 1. The highest BCUT2D eigenvalue weighted by Crippen LogP contribution is 2.20. The lowest BCUT2D eigenvalue weighted by atomic mass is 10.1. The van der Waals surface area contributed by atoms with Gasteiger partial charge in [0.25, 0.3) is 5.91 Å². The summed E-state index contributed by atoms with van der Waals surface area (Å²) >= 11 is 0. The zero-order valence-corrected chi connectivity index (χ0v) is 14.3. The molecule has 3 aromatic rings. The first-order valence-corrected chi connectivity index (χ1v) is 7.73. The summed E-state index contributed by atoms with van der Waals surface area (Å²) in [6.07, 6.45) is 1.62. The number of aromatic nitrogens is 3. The number of benzene rings is 1. The van der Waals surface area contributed by atoms with Crippen molar-refractivity contribution < 1.29 is 9.53 Å². The summed E-state index contributed by atoms with van der Waals surface area (Å²) in [6.45, 7) is 5.85. The molecule has 0 aliphatic heterocycles. The maximum absolute atomic E-state index is 12.1. The Balaban J connectivity index is 1.67. The van der Waals surface area contributed by atoms with Crippen LogP contribution in [0, 0.1) is 20.8 Å². The highest BCUT2D eigenvalue weighted by molar-refractivity contribution is 5.94. The molecule has 0 aliphatic rings. The van der Waals surface area contributed by atoms with Gasteiger partial charge in [0.1, 0.15) is 5.75 Å². The molecule has 0 aliphatic carbocycles. The molecule has 0 saturated carbocycles. The summed E-state index contributed by atoms with van der Waals surface area (Å²) in [7, 11) is 1.85. The Hall–Kier alpha value is -2.89. The maximum atomic E-state index is 12.1. The minimum Gasteiger partial charge on any atom is -0.483 e. The van der Waals surface area contributed by atoms with Crippen molar-refractivity contribution in [1.29, 1.82) is 0 Å². The third-order valence-corrected chi connectivity index (χ3v) is 3.84. The summed E-state index contributed by atoms with van der Waals surface area (Å²) in [5.74, 6) is 0.491. The number of anilines is 1. The molecule has 1 aromatic carbocycles. The monoisotopic (exact) mass is 324 g/mol. The fraction of sp³-hybridized carbons (Fsp3) is 0.278. The molecule has 6 nitrogen and oxygen atoms in total. The van der Waals surface area contributed by atoms with Gasteiger partial charge in [-0.1, -0.05) is 17.7 Å². The van der Waals surface area contributed by atoms with Gasteiger partial charge < -0.3 is 10.1 Å². The molecule has 0 saturated heterocycles. The van der Waals surface area contributed by atoms with Crippen molar-refractivity contribution in [2.75, 3.05) is 11.9 Å². The lowest BCUT2D eigenvalue weighted by Gasteiger charge is -2.10. The molecule has 1 N–H and O–H groups in total. The van der Waals surface area contributed by atoms with Crippen molar-refractivity contribution in [3.63, 3.8) is 0 Å². The van der Waals surface area contributed by atoms with E-state index in [-0.39, 0.29) is 12.5 Å². The van der Waals surface area contributed by atoms with Crippen LogP contribution in [0.15, 0.2) is 30.5 Å². The Bertz CT molecular complexity index is 915. The van der Waals surface area contributed by atoms with Crippen LogP contribution in [0.1, 0.15) is 16.8 Å². The number of hydrogen-bond donors (Lipinski definition) is 1. The molecule has 24 heavy (non-hydrogen) atoms. The summed E-state index contributed by atoms with van der Waals surface area (Å²) < 4.78 is 7.31. The standard InChI is InChI=1S/C18H20N4O2/c1-11-5-6-16(12(2)7-11)24-10-17(23)20-14-8-15-13(3)21-22(4)18(15)19-9-14/h5-9H,10H2,1-4H3,(H,20,23). The molecular weight excluding hydrogens is 304 g/mol. The van der Waals surface area contributed by atoms with Gasteiger partial charge in [-0.25, -0.2) is 4.98 Å². The van der Waals surface area contributed by atoms with E-state index in [1.165, 1.54) is 0 Å². The lowest BCUT2D eigenvalue weighted by Crippen LogP contribution is -2.20. The second-order valence-corrected chi connectivity index (χ2v) is 5.91. The van der Waals surface area contributed by atoms with Crippen LogP contribution in [0.2, 0.25) is 0 Å². The lowest BCUT2D eigenvalue weighted by molar-refractivity contribution is -0.118. The molecule has 0 atom stereocenters. The number of rotatable bonds is 4. The first-order chi connectivity index (χ1) is 11.4. The van der Waals surface area contributed by atoms with E-state index < -0.39 is 0 Å².